The van der Waals surface area contributed by atoms with E-state index in [1.807, 2.05) is 23.6 Å². The van der Waals surface area contributed by atoms with Gasteiger partial charge in [0.15, 0.2) is 0 Å². The van der Waals surface area contributed by atoms with Gasteiger partial charge in [-0.15, -0.1) is 11.3 Å². The van der Waals surface area contributed by atoms with Crippen molar-refractivity contribution < 1.29 is 23.8 Å². The van der Waals surface area contributed by atoms with Crippen LogP contribution in [0.2, 0.25) is 0 Å². The number of methoxy groups -OCH3 is 2. The number of hydrogen-bond donors (Lipinski definition) is 1. The Morgan fingerprint density at radius 3 is 2.62 bits per heavy atom. The molecule has 0 unspecified atom stereocenters. The van der Waals surface area contributed by atoms with Crippen molar-refractivity contribution in [3.63, 3.8) is 0 Å². The Balaban J connectivity index is 1.63. The van der Waals surface area contributed by atoms with Crippen LogP contribution in [-0.4, -0.2) is 26.1 Å². The molecule has 0 aliphatic rings. The molecule has 6 nitrogen and oxygen atoms in total. The Labute approximate surface area is 173 Å². The first kappa shape index (κ1) is 20.4. The number of ether oxygens (including phenoxy) is 3. The summed E-state index contributed by atoms with van der Waals surface area (Å²) in [6.07, 6.45) is 0. The van der Waals surface area contributed by atoms with Crippen molar-refractivity contribution in [1.29, 1.82) is 0 Å². The third kappa shape index (κ3) is 5.36. The number of carbonyl (C=O) groups is 2. The maximum absolute atomic E-state index is 12.5. The largest absolute Gasteiger partial charge is 0.496 e. The van der Waals surface area contributed by atoms with E-state index in [2.05, 4.69) is 5.32 Å². The van der Waals surface area contributed by atoms with Crippen LogP contribution in [0.4, 0.5) is 0 Å². The van der Waals surface area contributed by atoms with Gasteiger partial charge in [-0.05, 0) is 47.3 Å². The fourth-order valence-corrected chi connectivity index (χ4v) is 3.31. The molecule has 150 valence electrons. The van der Waals surface area contributed by atoms with E-state index in [9.17, 15) is 9.59 Å². The van der Waals surface area contributed by atoms with Crippen LogP contribution in [0.1, 0.15) is 31.2 Å². The molecule has 0 fully saturated rings. The second-order valence-corrected chi connectivity index (χ2v) is 7.14. The van der Waals surface area contributed by atoms with Crippen molar-refractivity contribution in [1.82, 2.24) is 5.32 Å². The molecule has 0 spiro atoms. The van der Waals surface area contributed by atoms with Gasteiger partial charge in [-0.2, -0.15) is 0 Å². The van der Waals surface area contributed by atoms with Gasteiger partial charge in [0.2, 0.25) is 0 Å². The zero-order valence-corrected chi connectivity index (χ0v) is 17.0. The molecule has 1 heterocycles. The molecular weight excluding hydrogens is 390 g/mol. The summed E-state index contributed by atoms with van der Waals surface area (Å²) in [7, 11) is 2.79. The number of amides is 1. The van der Waals surface area contributed by atoms with Crippen molar-refractivity contribution in [2.45, 2.75) is 13.2 Å². The van der Waals surface area contributed by atoms with Crippen molar-refractivity contribution in [2.24, 2.45) is 0 Å². The average Bonchev–Trinajstić information content (AvgIpc) is 3.29. The van der Waals surface area contributed by atoms with Crippen LogP contribution in [-0.2, 0) is 17.9 Å². The molecule has 0 bridgehead atoms. The molecule has 1 amide bonds. The molecule has 2 aromatic carbocycles. The summed E-state index contributed by atoms with van der Waals surface area (Å²) in [4.78, 5) is 25.5. The lowest BCUT2D eigenvalue weighted by Gasteiger charge is -2.11. The number of carbonyl (C=O) groups excluding carboxylic acids is 2. The van der Waals surface area contributed by atoms with Crippen molar-refractivity contribution in [3.05, 3.63) is 81.5 Å². The Morgan fingerprint density at radius 1 is 1.03 bits per heavy atom. The highest BCUT2D eigenvalue weighted by molar-refractivity contribution is 7.09. The topological polar surface area (TPSA) is 73.9 Å². The van der Waals surface area contributed by atoms with E-state index in [-0.39, 0.29) is 12.5 Å². The zero-order valence-electron chi connectivity index (χ0n) is 16.1. The Bertz CT molecular complexity index is 985. The van der Waals surface area contributed by atoms with E-state index < -0.39 is 5.97 Å². The molecule has 1 N–H and O–H groups in total. The van der Waals surface area contributed by atoms with Gasteiger partial charge in [-0.3, -0.25) is 4.79 Å². The number of hydrogen-bond acceptors (Lipinski definition) is 6. The first-order chi connectivity index (χ1) is 14.1. The van der Waals surface area contributed by atoms with E-state index >= 15 is 0 Å². The van der Waals surface area contributed by atoms with Crippen LogP contribution in [0.5, 0.6) is 11.5 Å². The molecule has 0 aliphatic heterocycles. The molecule has 0 atom stereocenters. The molecule has 0 saturated heterocycles. The Morgan fingerprint density at radius 2 is 1.90 bits per heavy atom. The first-order valence-electron chi connectivity index (χ1n) is 8.89. The minimum atomic E-state index is -0.495. The molecule has 0 aliphatic carbocycles. The summed E-state index contributed by atoms with van der Waals surface area (Å²) in [5.74, 6) is 0.318. The minimum Gasteiger partial charge on any atom is -0.496 e. The normalized spacial score (nSPS) is 10.3. The quantitative estimate of drug-likeness (QED) is 0.566. The highest BCUT2D eigenvalue weighted by Crippen LogP contribution is 2.21. The van der Waals surface area contributed by atoms with Crippen LogP contribution in [0.25, 0.3) is 0 Å². The van der Waals surface area contributed by atoms with Crippen LogP contribution in [0.15, 0.2) is 60.0 Å². The molecule has 7 heteroatoms. The highest BCUT2D eigenvalue weighted by atomic mass is 32.1. The predicted molar refractivity (Wildman–Crippen MR) is 111 cm³/mol. The fourth-order valence-electron chi connectivity index (χ4n) is 2.70. The molecule has 0 radical (unpaired) electrons. The summed E-state index contributed by atoms with van der Waals surface area (Å²) in [5.41, 5.74) is 1.56. The first-order valence-corrected chi connectivity index (χ1v) is 9.77. The van der Waals surface area contributed by atoms with Gasteiger partial charge in [0.05, 0.1) is 14.2 Å². The smallest absolute Gasteiger partial charge is 0.341 e. The van der Waals surface area contributed by atoms with Crippen molar-refractivity contribution in [3.8, 4) is 11.5 Å². The molecule has 29 heavy (non-hydrogen) atoms. The number of nitrogens with one attached hydrogen (secondary N) is 1. The summed E-state index contributed by atoms with van der Waals surface area (Å²) in [6, 6.07) is 16.1. The van der Waals surface area contributed by atoms with E-state index in [4.69, 9.17) is 14.2 Å². The Hall–Kier alpha value is -3.32. The number of benzene rings is 2. The van der Waals surface area contributed by atoms with Crippen LogP contribution >= 0.6 is 11.3 Å². The summed E-state index contributed by atoms with van der Waals surface area (Å²) >= 11 is 1.62. The van der Waals surface area contributed by atoms with Gasteiger partial charge in [-0.25, -0.2) is 4.79 Å². The lowest BCUT2D eigenvalue weighted by Crippen LogP contribution is -2.23. The van der Waals surface area contributed by atoms with E-state index in [1.165, 1.54) is 14.2 Å². The van der Waals surface area contributed by atoms with Crippen molar-refractivity contribution >= 4 is 23.2 Å². The van der Waals surface area contributed by atoms with Gasteiger partial charge >= 0.3 is 5.97 Å². The average molecular weight is 411 g/mol. The second kappa shape index (κ2) is 9.75. The monoisotopic (exact) mass is 411 g/mol. The molecule has 3 rings (SSSR count). The van der Waals surface area contributed by atoms with Gasteiger partial charge in [0, 0.05) is 17.0 Å². The van der Waals surface area contributed by atoms with E-state index in [1.54, 1.807) is 47.7 Å². The molecule has 3 aromatic rings. The van der Waals surface area contributed by atoms with E-state index in [0.29, 0.717) is 29.2 Å². The van der Waals surface area contributed by atoms with Gasteiger partial charge in [0.1, 0.15) is 23.7 Å². The fraction of sp³-hybridized carbons (Fsp3) is 0.182. The molecule has 0 saturated carbocycles. The lowest BCUT2D eigenvalue weighted by molar-refractivity contribution is 0.0597. The van der Waals surface area contributed by atoms with Crippen LogP contribution in [0.3, 0.4) is 0 Å². The maximum atomic E-state index is 12.5. The van der Waals surface area contributed by atoms with Gasteiger partial charge < -0.3 is 19.5 Å². The zero-order chi connectivity index (χ0) is 20.6. The number of esters is 1. The minimum absolute atomic E-state index is 0.234. The lowest BCUT2D eigenvalue weighted by atomic mass is 10.1. The SMILES string of the molecule is COC(=O)c1cc(CNC(=O)c2cccc(OCc3cccs3)c2)ccc1OC. The third-order valence-electron chi connectivity index (χ3n) is 4.18. The highest BCUT2D eigenvalue weighted by Gasteiger charge is 2.14. The second-order valence-electron chi connectivity index (χ2n) is 6.10. The standard InChI is InChI=1S/C22H21NO5S/c1-26-20-9-8-15(11-19(20)22(25)27-2)13-23-21(24)16-5-3-6-17(12-16)28-14-18-7-4-10-29-18/h3-12H,13-14H2,1-2H3,(H,23,24). The molecule has 1 aromatic heterocycles. The van der Waals surface area contributed by atoms with Gasteiger partial charge in [-0.1, -0.05) is 18.2 Å². The molecular formula is C22H21NO5S. The predicted octanol–water partition coefficient (Wildman–Crippen LogP) is 4.05. The third-order valence-corrected chi connectivity index (χ3v) is 5.03. The number of rotatable bonds is 8. The maximum Gasteiger partial charge on any atom is 0.341 e. The van der Waals surface area contributed by atoms with E-state index in [0.717, 1.165) is 10.4 Å². The van der Waals surface area contributed by atoms with Gasteiger partial charge in [0.25, 0.3) is 5.91 Å². The van der Waals surface area contributed by atoms with Crippen LogP contribution < -0.4 is 14.8 Å². The summed E-state index contributed by atoms with van der Waals surface area (Å²) in [6.45, 7) is 0.720. The summed E-state index contributed by atoms with van der Waals surface area (Å²) < 4.78 is 15.7. The van der Waals surface area contributed by atoms with Crippen LogP contribution in [0, 0.1) is 0 Å². The number of thiophene rings is 1. The van der Waals surface area contributed by atoms with Crippen molar-refractivity contribution in [2.75, 3.05) is 14.2 Å². The Kier molecular flexibility index (Phi) is 6.86. The summed E-state index contributed by atoms with van der Waals surface area (Å²) in [5, 5.41) is 4.84.